The SMILES string of the molecule is COCCOc1ccc(C(=O)Nc2cccc(NC(=O)c3ccccc3)c2)cc1Br. The van der Waals surface area contributed by atoms with Crippen LogP contribution in [0.5, 0.6) is 5.75 Å². The Morgan fingerprint density at radius 2 is 1.47 bits per heavy atom. The number of benzene rings is 3. The van der Waals surface area contributed by atoms with E-state index in [1.165, 1.54) is 0 Å². The number of ether oxygens (including phenoxy) is 2. The number of anilines is 2. The zero-order valence-electron chi connectivity index (χ0n) is 16.4. The van der Waals surface area contributed by atoms with Gasteiger partial charge in [0.05, 0.1) is 11.1 Å². The molecule has 7 heteroatoms. The molecule has 154 valence electrons. The summed E-state index contributed by atoms with van der Waals surface area (Å²) in [4.78, 5) is 24.9. The Balaban J connectivity index is 1.65. The van der Waals surface area contributed by atoms with Crippen LogP contribution in [0.4, 0.5) is 11.4 Å². The maximum absolute atomic E-state index is 12.6. The molecule has 0 saturated carbocycles. The van der Waals surface area contributed by atoms with E-state index in [1.807, 2.05) is 6.07 Å². The third-order valence-electron chi connectivity index (χ3n) is 4.15. The first-order valence-electron chi connectivity index (χ1n) is 9.26. The highest BCUT2D eigenvalue weighted by molar-refractivity contribution is 9.10. The Morgan fingerprint density at radius 1 is 0.800 bits per heavy atom. The zero-order chi connectivity index (χ0) is 21.3. The molecule has 0 bridgehead atoms. The van der Waals surface area contributed by atoms with E-state index in [1.54, 1.807) is 73.8 Å². The van der Waals surface area contributed by atoms with Gasteiger partial charge in [0.15, 0.2) is 0 Å². The second kappa shape index (κ2) is 10.6. The van der Waals surface area contributed by atoms with E-state index in [0.717, 1.165) is 0 Å². The summed E-state index contributed by atoms with van der Waals surface area (Å²) >= 11 is 3.42. The highest BCUT2D eigenvalue weighted by Crippen LogP contribution is 2.26. The van der Waals surface area contributed by atoms with Crippen molar-refractivity contribution in [2.75, 3.05) is 31.0 Å². The normalized spacial score (nSPS) is 10.3. The molecule has 0 aliphatic rings. The summed E-state index contributed by atoms with van der Waals surface area (Å²) in [6, 6.07) is 21.0. The second-order valence-electron chi connectivity index (χ2n) is 6.34. The number of methoxy groups -OCH3 is 1. The van der Waals surface area contributed by atoms with Gasteiger partial charge in [0.2, 0.25) is 0 Å². The van der Waals surface area contributed by atoms with Crippen LogP contribution in [0.1, 0.15) is 20.7 Å². The van der Waals surface area contributed by atoms with Gasteiger partial charge in [-0.15, -0.1) is 0 Å². The lowest BCUT2D eigenvalue weighted by atomic mass is 10.2. The molecule has 0 saturated heterocycles. The quantitative estimate of drug-likeness (QED) is 0.457. The molecule has 0 unspecified atom stereocenters. The Labute approximate surface area is 183 Å². The van der Waals surface area contributed by atoms with Gasteiger partial charge in [0, 0.05) is 29.6 Å². The highest BCUT2D eigenvalue weighted by atomic mass is 79.9. The summed E-state index contributed by atoms with van der Waals surface area (Å²) in [5, 5.41) is 5.67. The molecule has 2 amide bonds. The average molecular weight is 469 g/mol. The number of carbonyl (C=O) groups excluding carboxylic acids is 2. The van der Waals surface area contributed by atoms with Gasteiger partial charge in [0.1, 0.15) is 12.4 Å². The van der Waals surface area contributed by atoms with Gasteiger partial charge in [-0.3, -0.25) is 9.59 Å². The first kappa shape index (κ1) is 21.5. The molecular weight excluding hydrogens is 448 g/mol. The summed E-state index contributed by atoms with van der Waals surface area (Å²) < 4.78 is 11.2. The van der Waals surface area contributed by atoms with Crippen LogP contribution in [-0.2, 0) is 4.74 Å². The summed E-state index contributed by atoms with van der Waals surface area (Å²) in [7, 11) is 1.61. The van der Waals surface area contributed by atoms with Gasteiger partial charge in [0.25, 0.3) is 11.8 Å². The maximum atomic E-state index is 12.6. The largest absolute Gasteiger partial charge is 0.490 e. The van der Waals surface area contributed by atoms with Crippen LogP contribution >= 0.6 is 15.9 Å². The highest BCUT2D eigenvalue weighted by Gasteiger charge is 2.11. The standard InChI is InChI=1S/C23H21BrN2O4/c1-29-12-13-30-21-11-10-17(14-20(21)24)23(28)26-19-9-5-8-18(15-19)25-22(27)16-6-3-2-4-7-16/h2-11,14-15H,12-13H2,1H3,(H,25,27)(H,26,28). The Kier molecular flexibility index (Phi) is 7.59. The van der Waals surface area contributed by atoms with E-state index in [-0.39, 0.29) is 11.8 Å². The Hall–Kier alpha value is -3.16. The molecule has 3 aromatic carbocycles. The molecule has 0 radical (unpaired) electrons. The number of carbonyl (C=O) groups is 2. The number of nitrogens with one attached hydrogen (secondary N) is 2. The van der Waals surface area contributed by atoms with E-state index < -0.39 is 0 Å². The molecule has 0 spiro atoms. The fraction of sp³-hybridized carbons (Fsp3) is 0.130. The monoisotopic (exact) mass is 468 g/mol. The second-order valence-corrected chi connectivity index (χ2v) is 7.20. The maximum Gasteiger partial charge on any atom is 0.255 e. The summed E-state index contributed by atoms with van der Waals surface area (Å²) in [5.41, 5.74) is 2.19. The van der Waals surface area contributed by atoms with Crippen LogP contribution in [0.25, 0.3) is 0 Å². The van der Waals surface area contributed by atoms with Crippen molar-refractivity contribution in [1.82, 2.24) is 0 Å². The molecule has 0 aliphatic heterocycles. The van der Waals surface area contributed by atoms with Gasteiger partial charge in [-0.05, 0) is 64.5 Å². The molecule has 30 heavy (non-hydrogen) atoms. The minimum atomic E-state index is -0.273. The molecule has 0 heterocycles. The minimum Gasteiger partial charge on any atom is -0.490 e. The van der Waals surface area contributed by atoms with Crippen molar-refractivity contribution < 1.29 is 19.1 Å². The van der Waals surface area contributed by atoms with Gasteiger partial charge < -0.3 is 20.1 Å². The van der Waals surface area contributed by atoms with Crippen molar-refractivity contribution in [3.8, 4) is 5.75 Å². The van der Waals surface area contributed by atoms with Crippen molar-refractivity contribution in [1.29, 1.82) is 0 Å². The first-order valence-corrected chi connectivity index (χ1v) is 10.1. The molecular formula is C23H21BrN2O4. The van der Waals surface area contributed by atoms with Crippen LogP contribution in [0.2, 0.25) is 0 Å². The third kappa shape index (κ3) is 5.92. The van der Waals surface area contributed by atoms with Crippen LogP contribution in [0, 0.1) is 0 Å². The smallest absolute Gasteiger partial charge is 0.255 e. The van der Waals surface area contributed by atoms with Gasteiger partial charge >= 0.3 is 0 Å². The van der Waals surface area contributed by atoms with Crippen molar-refractivity contribution in [2.24, 2.45) is 0 Å². The molecule has 3 aromatic rings. The molecule has 0 aromatic heterocycles. The topological polar surface area (TPSA) is 76.7 Å². The predicted octanol–water partition coefficient (Wildman–Crippen LogP) is 4.98. The fourth-order valence-electron chi connectivity index (χ4n) is 2.66. The van der Waals surface area contributed by atoms with Crippen LogP contribution in [0.3, 0.4) is 0 Å². The fourth-order valence-corrected chi connectivity index (χ4v) is 3.16. The molecule has 2 N–H and O–H groups in total. The first-order chi connectivity index (χ1) is 14.6. The van der Waals surface area contributed by atoms with E-state index in [9.17, 15) is 9.59 Å². The Morgan fingerprint density at radius 3 is 2.10 bits per heavy atom. The number of hydrogen-bond acceptors (Lipinski definition) is 4. The van der Waals surface area contributed by atoms with Crippen molar-refractivity contribution in [3.63, 3.8) is 0 Å². The molecule has 6 nitrogen and oxygen atoms in total. The molecule has 0 fully saturated rings. The number of amides is 2. The zero-order valence-corrected chi connectivity index (χ0v) is 17.9. The lowest BCUT2D eigenvalue weighted by Crippen LogP contribution is -2.14. The third-order valence-corrected chi connectivity index (χ3v) is 4.77. The molecule has 0 atom stereocenters. The number of rotatable bonds is 8. The minimum absolute atomic E-state index is 0.216. The van der Waals surface area contributed by atoms with Crippen molar-refractivity contribution in [2.45, 2.75) is 0 Å². The lowest BCUT2D eigenvalue weighted by molar-refractivity contribution is 0.101. The summed E-state index contributed by atoms with van der Waals surface area (Å²) in [6.07, 6.45) is 0. The Bertz CT molecular complexity index is 1020. The van der Waals surface area contributed by atoms with Crippen LogP contribution in [0.15, 0.2) is 77.3 Å². The summed E-state index contributed by atoms with van der Waals surface area (Å²) in [5.74, 6) is 0.145. The lowest BCUT2D eigenvalue weighted by Gasteiger charge is -2.11. The van der Waals surface area contributed by atoms with Crippen molar-refractivity contribution >= 4 is 39.1 Å². The van der Waals surface area contributed by atoms with E-state index in [0.29, 0.717) is 45.9 Å². The number of halogens is 1. The van der Waals surface area contributed by atoms with Gasteiger partial charge in [-0.25, -0.2) is 0 Å². The van der Waals surface area contributed by atoms with E-state index in [4.69, 9.17) is 9.47 Å². The van der Waals surface area contributed by atoms with E-state index in [2.05, 4.69) is 26.6 Å². The molecule has 0 aliphatic carbocycles. The number of hydrogen-bond donors (Lipinski definition) is 2. The summed E-state index contributed by atoms with van der Waals surface area (Å²) in [6.45, 7) is 0.897. The van der Waals surface area contributed by atoms with Crippen LogP contribution < -0.4 is 15.4 Å². The predicted molar refractivity (Wildman–Crippen MR) is 120 cm³/mol. The van der Waals surface area contributed by atoms with Gasteiger partial charge in [-0.1, -0.05) is 24.3 Å². The van der Waals surface area contributed by atoms with Gasteiger partial charge in [-0.2, -0.15) is 0 Å². The van der Waals surface area contributed by atoms with Crippen molar-refractivity contribution in [3.05, 3.63) is 88.4 Å². The average Bonchev–Trinajstić information content (AvgIpc) is 2.76. The molecule has 3 rings (SSSR count). The van der Waals surface area contributed by atoms with Crippen LogP contribution in [-0.4, -0.2) is 32.1 Å². The van der Waals surface area contributed by atoms with E-state index >= 15 is 0 Å².